The van der Waals surface area contributed by atoms with Gasteiger partial charge in [0.25, 0.3) is 11.8 Å². The highest BCUT2D eigenvalue weighted by Gasteiger charge is 2.24. The van der Waals surface area contributed by atoms with Crippen molar-refractivity contribution in [3.8, 4) is 6.07 Å². The number of carbonyl (C=O) groups is 2. The maximum atomic E-state index is 12.9. The van der Waals surface area contributed by atoms with Gasteiger partial charge in [0.15, 0.2) is 5.65 Å². The molecule has 0 spiro atoms. The zero-order valence-corrected chi connectivity index (χ0v) is 18.9. The number of anilines is 1. The molecule has 3 heterocycles. The van der Waals surface area contributed by atoms with E-state index in [9.17, 15) is 14.7 Å². The number of β-amino-alcohol motifs (C(OH)–C–C–N with tert-alkyl or cyclic N) is 1. The van der Waals surface area contributed by atoms with Crippen molar-refractivity contribution in [2.24, 2.45) is 0 Å². The summed E-state index contributed by atoms with van der Waals surface area (Å²) in [6, 6.07) is 10.1. The summed E-state index contributed by atoms with van der Waals surface area (Å²) >= 11 is 0. The Labute approximate surface area is 196 Å². The number of piperidine rings is 1. The molecule has 0 aliphatic carbocycles. The fraction of sp³-hybridized carbons (Fsp3) is 0.375. The molecule has 34 heavy (non-hydrogen) atoms. The number of ether oxygens (including phenoxy) is 1. The molecule has 0 radical (unpaired) electrons. The molecule has 1 aliphatic heterocycles. The van der Waals surface area contributed by atoms with Crippen LogP contribution in [0.1, 0.15) is 45.5 Å². The number of aryl methyl sites for hydroxylation is 1. The number of amides is 2. The van der Waals surface area contributed by atoms with Gasteiger partial charge in [-0.2, -0.15) is 5.26 Å². The van der Waals surface area contributed by atoms with Crippen LogP contribution in [0.2, 0.25) is 0 Å². The van der Waals surface area contributed by atoms with Crippen LogP contribution in [-0.4, -0.2) is 69.3 Å². The Hall–Kier alpha value is -3.81. The lowest BCUT2D eigenvalue weighted by Crippen LogP contribution is -2.42. The van der Waals surface area contributed by atoms with Crippen LogP contribution < -0.4 is 5.32 Å². The number of rotatable bonds is 7. The number of imidazole rings is 1. The molecule has 1 aliphatic rings. The molecular formula is C24H26N6O4. The van der Waals surface area contributed by atoms with Crippen molar-refractivity contribution in [3.63, 3.8) is 0 Å². The number of aliphatic hydroxyl groups is 1. The van der Waals surface area contributed by atoms with E-state index in [4.69, 9.17) is 10.00 Å². The summed E-state index contributed by atoms with van der Waals surface area (Å²) in [5, 5.41) is 21.8. The lowest BCUT2D eigenvalue weighted by Gasteiger charge is -2.30. The lowest BCUT2D eigenvalue weighted by atomic mass is 10.1. The van der Waals surface area contributed by atoms with Gasteiger partial charge in [0.1, 0.15) is 5.52 Å². The number of aliphatic hydroxyl groups excluding tert-OH is 1. The molecule has 0 unspecified atom stereocenters. The first kappa shape index (κ1) is 23.4. The monoisotopic (exact) mass is 462 g/mol. The van der Waals surface area contributed by atoms with Crippen molar-refractivity contribution in [3.05, 3.63) is 53.2 Å². The van der Waals surface area contributed by atoms with Gasteiger partial charge < -0.3 is 14.7 Å². The number of aromatic nitrogens is 3. The minimum atomic E-state index is -0.518. The van der Waals surface area contributed by atoms with Gasteiger partial charge in [-0.25, -0.2) is 9.97 Å². The Morgan fingerprint density at radius 3 is 2.94 bits per heavy atom. The molecule has 176 valence electrons. The molecule has 0 bridgehead atoms. The number of nitrogens with zero attached hydrogens (tertiary/aromatic N) is 5. The van der Waals surface area contributed by atoms with Gasteiger partial charge in [0, 0.05) is 45.1 Å². The van der Waals surface area contributed by atoms with Crippen LogP contribution in [0.15, 0.2) is 36.5 Å². The summed E-state index contributed by atoms with van der Waals surface area (Å²) in [6.07, 6.45) is 3.09. The number of fused-ring (bicyclic) bond motifs is 1. The Morgan fingerprint density at radius 2 is 2.18 bits per heavy atom. The van der Waals surface area contributed by atoms with Crippen LogP contribution >= 0.6 is 0 Å². The van der Waals surface area contributed by atoms with Crippen LogP contribution in [0.3, 0.4) is 0 Å². The van der Waals surface area contributed by atoms with Crippen LogP contribution in [0, 0.1) is 11.3 Å². The number of pyridine rings is 1. The van der Waals surface area contributed by atoms with E-state index in [2.05, 4.69) is 15.3 Å². The van der Waals surface area contributed by atoms with Gasteiger partial charge in [-0.15, -0.1) is 0 Å². The summed E-state index contributed by atoms with van der Waals surface area (Å²) in [5.41, 5.74) is 2.10. The molecule has 2 amide bonds. The van der Waals surface area contributed by atoms with Gasteiger partial charge in [0.05, 0.1) is 23.3 Å². The first-order valence-electron chi connectivity index (χ1n) is 11.1. The second-order valence-corrected chi connectivity index (χ2v) is 8.19. The van der Waals surface area contributed by atoms with Gasteiger partial charge in [-0.3, -0.25) is 19.5 Å². The second kappa shape index (κ2) is 10.4. The molecule has 10 heteroatoms. The highest BCUT2D eigenvalue weighted by Crippen LogP contribution is 2.22. The van der Waals surface area contributed by atoms with Crippen LogP contribution in [0.4, 0.5) is 5.95 Å². The minimum absolute atomic E-state index is 0.207. The fourth-order valence-electron chi connectivity index (χ4n) is 4.03. The molecule has 1 saturated heterocycles. The second-order valence-electron chi connectivity index (χ2n) is 8.19. The van der Waals surface area contributed by atoms with E-state index < -0.39 is 12.0 Å². The van der Waals surface area contributed by atoms with Crippen molar-refractivity contribution in [1.29, 1.82) is 5.26 Å². The maximum absolute atomic E-state index is 12.9. The number of likely N-dealkylation sites (tertiary alicyclic amines) is 1. The Morgan fingerprint density at radius 1 is 1.32 bits per heavy atom. The van der Waals surface area contributed by atoms with Crippen molar-refractivity contribution in [2.75, 3.05) is 32.1 Å². The highest BCUT2D eigenvalue weighted by molar-refractivity contribution is 6.04. The summed E-state index contributed by atoms with van der Waals surface area (Å²) in [4.78, 5) is 36.4. The third kappa shape index (κ3) is 5.06. The van der Waals surface area contributed by atoms with Crippen LogP contribution in [0.25, 0.3) is 11.2 Å². The Kier molecular flexibility index (Phi) is 7.15. The third-order valence-electron chi connectivity index (χ3n) is 5.72. The molecule has 4 rings (SSSR count). The smallest absolute Gasteiger partial charge is 0.258 e. The van der Waals surface area contributed by atoms with Crippen LogP contribution in [-0.2, 0) is 11.3 Å². The SMILES string of the molecule is COCCCn1c(NC(=O)c2cccc(C#N)c2)nc2cc(C(=O)N3CCC[C@H](O)C3)cnc21. The molecule has 10 nitrogen and oxygen atoms in total. The van der Waals surface area contributed by atoms with Crippen molar-refractivity contribution >= 4 is 28.9 Å². The van der Waals surface area contributed by atoms with Gasteiger partial charge >= 0.3 is 0 Å². The van der Waals surface area contributed by atoms with E-state index in [-0.39, 0.29) is 5.91 Å². The van der Waals surface area contributed by atoms with E-state index in [0.717, 1.165) is 6.42 Å². The first-order chi connectivity index (χ1) is 16.5. The average Bonchev–Trinajstić information content (AvgIpc) is 3.19. The number of methoxy groups -OCH3 is 1. The molecule has 2 N–H and O–H groups in total. The standard InChI is InChI=1S/C24H26N6O4/c1-34-10-4-9-30-21-20(12-18(14-26-21)23(33)29-8-3-7-19(31)15-29)27-24(30)28-22(32)17-6-2-5-16(11-17)13-25/h2,5-6,11-12,14,19,31H,3-4,7-10,15H2,1H3,(H,27,28,32)/t19-/m0/s1. The van der Waals surface area contributed by atoms with E-state index in [0.29, 0.717) is 72.9 Å². The number of nitriles is 1. The number of nitrogens with one attached hydrogen (secondary N) is 1. The largest absolute Gasteiger partial charge is 0.391 e. The van der Waals surface area contributed by atoms with Crippen molar-refractivity contribution in [1.82, 2.24) is 19.4 Å². The molecule has 0 saturated carbocycles. The fourth-order valence-corrected chi connectivity index (χ4v) is 4.03. The van der Waals surface area contributed by atoms with Gasteiger partial charge in [-0.1, -0.05) is 6.07 Å². The Balaban J connectivity index is 1.64. The molecule has 1 atom stereocenters. The summed E-state index contributed by atoms with van der Waals surface area (Å²) < 4.78 is 6.93. The number of carbonyl (C=O) groups excluding carboxylic acids is 2. The predicted octanol–water partition coefficient (Wildman–Crippen LogP) is 2.19. The van der Waals surface area contributed by atoms with Gasteiger partial charge in [0.2, 0.25) is 5.95 Å². The normalized spacial score (nSPS) is 15.8. The number of hydrogen-bond donors (Lipinski definition) is 2. The zero-order valence-electron chi connectivity index (χ0n) is 18.9. The predicted molar refractivity (Wildman–Crippen MR) is 124 cm³/mol. The van der Waals surface area contributed by atoms with E-state index in [1.54, 1.807) is 40.8 Å². The van der Waals surface area contributed by atoms with Crippen molar-refractivity contribution < 1.29 is 19.4 Å². The lowest BCUT2D eigenvalue weighted by molar-refractivity contribution is 0.0473. The number of hydrogen-bond acceptors (Lipinski definition) is 7. The number of benzene rings is 1. The average molecular weight is 463 g/mol. The summed E-state index contributed by atoms with van der Waals surface area (Å²) in [7, 11) is 1.62. The maximum Gasteiger partial charge on any atom is 0.258 e. The highest BCUT2D eigenvalue weighted by atomic mass is 16.5. The quantitative estimate of drug-likeness (QED) is 0.514. The van der Waals surface area contributed by atoms with E-state index in [1.807, 2.05) is 6.07 Å². The molecular weight excluding hydrogens is 436 g/mol. The summed E-state index contributed by atoms with van der Waals surface area (Å²) in [6.45, 7) is 1.90. The zero-order chi connectivity index (χ0) is 24.1. The van der Waals surface area contributed by atoms with Gasteiger partial charge in [-0.05, 0) is 43.5 Å². The topological polar surface area (TPSA) is 133 Å². The minimum Gasteiger partial charge on any atom is -0.391 e. The third-order valence-corrected chi connectivity index (χ3v) is 5.72. The van der Waals surface area contributed by atoms with Crippen LogP contribution in [0.5, 0.6) is 0 Å². The molecule has 3 aromatic rings. The van der Waals surface area contributed by atoms with Crippen molar-refractivity contribution in [2.45, 2.75) is 31.9 Å². The molecule has 1 fully saturated rings. The Bertz CT molecular complexity index is 1250. The molecule has 1 aromatic carbocycles. The van der Waals surface area contributed by atoms with E-state index in [1.165, 1.54) is 12.3 Å². The summed E-state index contributed by atoms with van der Waals surface area (Å²) in [5.74, 6) is -0.316. The van der Waals surface area contributed by atoms with E-state index >= 15 is 0 Å². The first-order valence-corrected chi connectivity index (χ1v) is 11.1. The molecule has 2 aromatic heterocycles.